The van der Waals surface area contributed by atoms with Crippen LogP contribution < -0.4 is 10.6 Å². The highest BCUT2D eigenvalue weighted by molar-refractivity contribution is 5.84. The summed E-state index contributed by atoms with van der Waals surface area (Å²) in [5.74, 6) is -0.772. The second-order valence-electron chi connectivity index (χ2n) is 5.60. The van der Waals surface area contributed by atoms with Crippen LogP contribution in [0.15, 0.2) is 0 Å². The van der Waals surface area contributed by atoms with E-state index in [0.29, 0.717) is 0 Å². The smallest absolute Gasteiger partial charge is 0.221 e. The van der Waals surface area contributed by atoms with Gasteiger partial charge >= 0.3 is 0 Å². The van der Waals surface area contributed by atoms with Crippen molar-refractivity contribution >= 4 is 11.8 Å². The third-order valence-electron chi connectivity index (χ3n) is 2.41. The zero-order valence-corrected chi connectivity index (χ0v) is 11.7. The maximum Gasteiger partial charge on any atom is 0.221 e. The molecule has 0 rings (SSSR count). The zero-order chi connectivity index (χ0) is 15.1. The molecular weight excluding hydrogens is 252 g/mol. The van der Waals surface area contributed by atoms with Gasteiger partial charge in [-0.15, -0.1) is 0 Å². The monoisotopic (exact) mass is 276 g/mol. The molecule has 0 saturated heterocycles. The molecule has 0 aliphatic carbocycles. The van der Waals surface area contributed by atoms with Crippen LogP contribution in [0.25, 0.3) is 0 Å². The summed E-state index contributed by atoms with van der Waals surface area (Å²) in [7, 11) is 0. The number of aliphatic hydroxyl groups is 3. The maximum atomic E-state index is 11.6. The van der Waals surface area contributed by atoms with E-state index in [1.165, 1.54) is 0 Å². The lowest BCUT2D eigenvalue weighted by atomic mass is 10.0. The summed E-state index contributed by atoms with van der Waals surface area (Å²) in [5, 5.41) is 32.2. The third-order valence-corrected chi connectivity index (χ3v) is 2.41. The van der Waals surface area contributed by atoms with E-state index in [4.69, 9.17) is 15.3 Å². The molecule has 0 aromatic rings. The molecule has 0 atom stereocenters. The molecule has 7 heteroatoms. The number of amides is 2. The van der Waals surface area contributed by atoms with Crippen LogP contribution in [-0.4, -0.2) is 58.0 Å². The van der Waals surface area contributed by atoms with Crippen molar-refractivity contribution in [1.82, 2.24) is 10.6 Å². The zero-order valence-electron chi connectivity index (χ0n) is 11.7. The summed E-state index contributed by atoms with van der Waals surface area (Å²) >= 11 is 0. The normalized spacial score (nSPS) is 12.1. The first-order valence-electron chi connectivity index (χ1n) is 6.12. The lowest BCUT2D eigenvalue weighted by Gasteiger charge is -2.28. The lowest BCUT2D eigenvalue weighted by Crippen LogP contribution is -2.57. The molecule has 0 heterocycles. The van der Waals surface area contributed by atoms with Crippen molar-refractivity contribution in [3.8, 4) is 0 Å². The number of hydrogen-bond acceptors (Lipinski definition) is 5. The second kappa shape index (κ2) is 7.42. The van der Waals surface area contributed by atoms with Gasteiger partial charge in [-0.2, -0.15) is 0 Å². The molecule has 0 radical (unpaired) electrons. The van der Waals surface area contributed by atoms with E-state index < -0.39 is 31.3 Å². The molecule has 0 bridgehead atoms. The minimum atomic E-state index is -1.45. The van der Waals surface area contributed by atoms with E-state index >= 15 is 0 Å². The summed E-state index contributed by atoms with van der Waals surface area (Å²) in [5.41, 5.74) is -1.81. The number of carbonyl (C=O) groups is 2. The summed E-state index contributed by atoms with van der Waals surface area (Å²) in [4.78, 5) is 23.1. The molecule has 0 unspecified atom stereocenters. The summed E-state index contributed by atoms with van der Waals surface area (Å²) in [6.45, 7) is 3.75. The SMILES string of the molecule is CC(C)(C)NC(=O)CCC(=O)NC(CO)(CO)CO. The molecule has 112 valence electrons. The molecular formula is C12H24N2O5. The van der Waals surface area contributed by atoms with Crippen LogP contribution in [0.4, 0.5) is 0 Å². The Balaban J connectivity index is 4.22. The van der Waals surface area contributed by atoms with Crippen molar-refractivity contribution in [2.45, 2.75) is 44.7 Å². The number of aliphatic hydroxyl groups excluding tert-OH is 3. The van der Waals surface area contributed by atoms with Gasteiger partial charge in [0.2, 0.25) is 11.8 Å². The first-order valence-corrected chi connectivity index (χ1v) is 6.12. The molecule has 0 aliphatic rings. The Kier molecular flexibility index (Phi) is 6.96. The lowest BCUT2D eigenvalue weighted by molar-refractivity contribution is -0.129. The summed E-state index contributed by atoms with van der Waals surface area (Å²) < 4.78 is 0. The highest BCUT2D eigenvalue weighted by Crippen LogP contribution is 2.04. The molecule has 0 saturated carbocycles. The van der Waals surface area contributed by atoms with Crippen LogP contribution in [0, 0.1) is 0 Å². The molecule has 0 aromatic carbocycles. The van der Waals surface area contributed by atoms with Crippen molar-refractivity contribution in [1.29, 1.82) is 0 Å². The Bertz CT molecular complexity index is 299. The van der Waals surface area contributed by atoms with Crippen LogP contribution in [-0.2, 0) is 9.59 Å². The second-order valence-corrected chi connectivity index (χ2v) is 5.60. The van der Waals surface area contributed by atoms with Gasteiger partial charge in [0.15, 0.2) is 0 Å². The van der Waals surface area contributed by atoms with E-state index in [9.17, 15) is 9.59 Å². The Morgan fingerprint density at radius 1 is 0.842 bits per heavy atom. The highest BCUT2D eigenvalue weighted by atomic mass is 16.3. The van der Waals surface area contributed by atoms with Gasteiger partial charge in [-0.05, 0) is 20.8 Å². The molecule has 0 aliphatic heterocycles. The van der Waals surface area contributed by atoms with E-state index in [0.717, 1.165) is 0 Å². The van der Waals surface area contributed by atoms with Crippen molar-refractivity contribution in [2.24, 2.45) is 0 Å². The van der Waals surface area contributed by atoms with E-state index in [2.05, 4.69) is 10.6 Å². The minimum Gasteiger partial charge on any atom is -0.394 e. The molecule has 0 fully saturated rings. The van der Waals surface area contributed by atoms with Gasteiger partial charge < -0.3 is 26.0 Å². The average molecular weight is 276 g/mol. The number of nitrogens with one attached hydrogen (secondary N) is 2. The fourth-order valence-corrected chi connectivity index (χ4v) is 1.33. The Labute approximate surface area is 113 Å². The first kappa shape index (κ1) is 17.8. The summed E-state index contributed by atoms with van der Waals surface area (Å²) in [6, 6.07) is 0. The highest BCUT2D eigenvalue weighted by Gasteiger charge is 2.29. The third kappa shape index (κ3) is 7.09. The van der Waals surface area contributed by atoms with Crippen molar-refractivity contribution in [3.05, 3.63) is 0 Å². The number of hydrogen-bond donors (Lipinski definition) is 5. The molecule has 2 amide bonds. The molecule has 7 nitrogen and oxygen atoms in total. The molecule has 5 N–H and O–H groups in total. The van der Waals surface area contributed by atoms with Gasteiger partial charge in [0, 0.05) is 18.4 Å². The van der Waals surface area contributed by atoms with Gasteiger partial charge in [0.05, 0.1) is 19.8 Å². The van der Waals surface area contributed by atoms with Gasteiger partial charge in [0.1, 0.15) is 5.54 Å². The average Bonchev–Trinajstić information content (AvgIpc) is 2.31. The predicted octanol–water partition coefficient (Wildman–Crippen LogP) is -1.49. The Morgan fingerprint density at radius 2 is 1.21 bits per heavy atom. The molecule has 19 heavy (non-hydrogen) atoms. The Morgan fingerprint density at radius 3 is 1.53 bits per heavy atom. The summed E-state index contributed by atoms with van der Waals surface area (Å²) in [6.07, 6.45) is -0.0782. The van der Waals surface area contributed by atoms with Crippen LogP contribution >= 0.6 is 0 Å². The van der Waals surface area contributed by atoms with E-state index in [1.54, 1.807) is 0 Å². The quantitative estimate of drug-likeness (QED) is 0.388. The Hall–Kier alpha value is -1.18. The number of rotatable bonds is 7. The number of carbonyl (C=O) groups excluding carboxylic acids is 2. The standard InChI is InChI=1S/C12H24N2O5/c1-11(2,3)13-9(18)4-5-10(19)14-12(6-15,7-16)8-17/h15-17H,4-8H2,1-3H3,(H,13,18)(H,14,19). The van der Waals surface area contributed by atoms with Crippen molar-refractivity contribution in [2.75, 3.05) is 19.8 Å². The van der Waals surface area contributed by atoms with E-state index in [-0.39, 0.29) is 24.3 Å². The van der Waals surface area contributed by atoms with Crippen molar-refractivity contribution < 1.29 is 24.9 Å². The van der Waals surface area contributed by atoms with E-state index in [1.807, 2.05) is 20.8 Å². The van der Waals surface area contributed by atoms with Gasteiger partial charge in [0.25, 0.3) is 0 Å². The van der Waals surface area contributed by atoms with Crippen LogP contribution in [0.5, 0.6) is 0 Å². The molecule has 0 spiro atoms. The minimum absolute atomic E-state index is 0.00146. The largest absolute Gasteiger partial charge is 0.394 e. The topological polar surface area (TPSA) is 119 Å². The van der Waals surface area contributed by atoms with Gasteiger partial charge in [-0.25, -0.2) is 0 Å². The van der Waals surface area contributed by atoms with Crippen LogP contribution in [0.1, 0.15) is 33.6 Å². The first-order chi connectivity index (χ1) is 8.68. The van der Waals surface area contributed by atoms with Crippen LogP contribution in [0.2, 0.25) is 0 Å². The maximum absolute atomic E-state index is 11.6. The molecule has 0 aromatic heterocycles. The fraction of sp³-hybridized carbons (Fsp3) is 0.833. The van der Waals surface area contributed by atoms with Crippen LogP contribution in [0.3, 0.4) is 0 Å². The van der Waals surface area contributed by atoms with Crippen molar-refractivity contribution in [3.63, 3.8) is 0 Å². The fourth-order valence-electron chi connectivity index (χ4n) is 1.33. The predicted molar refractivity (Wildman–Crippen MR) is 69.3 cm³/mol. The van der Waals surface area contributed by atoms with Gasteiger partial charge in [-0.1, -0.05) is 0 Å². The van der Waals surface area contributed by atoms with Gasteiger partial charge in [-0.3, -0.25) is 9.59 Å².